The van der Waals surface area contributed by atoms with Crippen LogP contribution >= 0.6 is 11.8 Å². The Balaban J connectivity index is 1.28. The molecule has 30 heavy (non-hydrogen) atoms. The molecule has 4 N–H and O–H groups in total. The minimum atomic E-state index is -0.195. The lowest BCUT2D eigenvalue weighted by atomic mass is 10.3. The summed E-state index contributed by atoms with van der Waals surface area (Å²) in [5, 5.41) is 14.6. The molecule has 0 atom stereocenters. The third-order valence-corrected chi connectivity index (χ3v) is 5.21. The van der Waals surface area contributed by atoms with Crippen LogP contribution in [0.3, 0.4) is 0 Å². The molecule has 1 aliphatic rings. The molecule has 0 bridgehead atoms. The number of nitrogens with one attached hydrogen (secondary N) is 2. The second-order valence-electron chi connectivity index (χ2n) is 6.26. The zero-order valence-corrected chi connectivity index (χ0v) is 16.9. The number of fused-ring (bicyclic) bond motifs is 1. The molecule has 2 aromatic carbocycles. The van der Waals surface area contributed by atoms with Crippen molar-refractivity contribution in [2.75, 3.05) is 36.1 Å². The van der Waals surface area contributed by atoms with Crippen LogP contribution in [0.25, 0.3) is 0 Å². The van der Waals surface area contributed by atoms with Gasteiger partial charge in [0.1, 0.15) is 5.75 Å². The van der Waals surface area contributed by atoms with E-state index in [1.54, 1.807) is 25.3 Å². The number of rotatable bonds is 8. The number of nitrogens with two attached hydrogens (primary N) is 1. The van der Waals surface area contributed by atoms with E-state index in [1.165, 1.54) is 16.4 Å². The topological polar surface area (TPSA) is 126 Å². The number of hydrogen-bond donors (Lipinski definition) is 3. The molecule has 0 spiro atoms. The summed E-state index contributed by atoms with van der Waals surface area (Å²) >= 11 is 1.20. The van der Waals surface area contributed by atoms with Crippen LogP contribution in [0.1, 0.15) is 5.82 Å². The number of nitrogen functional groups attached to an aromatic ring is 1. The van der Waals surface area contributed by atoms with Gasteiger partial charge in [-0.3, -0.25) is 4.79 Å². The van der Waals surface area contributed by atoms with E-state index in [2.05, 4.69) is 20.8 Å². The highest BCUT2D eigenvalue weighted by atomic mass is 32.2. The van der Waals surface area contributed by atoms with Crippen LogP contribution < -0.4 is 30.7 Å². The van der Waals surface area contributed by atoms with Gasteiger partial charge in [0.05, 0.1) is 19.4 Å². The van der Waals surface area contributed by atoms with Crippen molar-refractivity contribution < 1.29 is 19.0 Å². The SMILES string of the molecule is COc1ccc(NCc2nnc(SCC(=O)Nc3ccc4c(c3)OCO4)n2N)cc1. The number of nitrogens with zero attached hydrogens (tertiary/aromatic N) is 3. The van der Waals surface area contributed by atoms with Gasteiger partial charge in [0, 0.05) is 17.4 Å². The molecular weight excluding hydrogens is 408 g/mol. The van der Waals surface area contributed by atoms with Gasteiger partial charge < -0.3 is 30.7 Å². The normalized spacial score (nSPS) is 11.9. The molecule has 0 unspecified atom stereocenters. The third kappa shape index (κ3) is 4.51. The first-order valence-corrected chi connectivity index (χ1v) is 10.0. The highest BCUT2D eigenvalue weighted by molar-refractivity contribution is 7.99. The summed E-state index contributed by atoms with van der Waals surface area (Å²) in [6, 6.07) is 12.7. The van der Waals surface area contributed by atoms with Crippen molar-refractivity contribution in [1.82, 2.24) is 14.9 Å². The zero-order chi connectivity index (χ0) is 20.9. The number of methoxy groups -OCH3 is 1. The highest BCUT2D eigenvalue weighted by Crippen LogP contribution is 2.34. The van der Waals surface area contributed by atoms with E-state index in [9.17, 15) is 4.79 Å². The minimum Gasteiger partial charge on any atom is -0.497 e. The standard InChI is InChI=1S/C19H20N6O4S/c1-27-14-5-2-12(3-6-14)21-9-17-23-24-19(25(17)20)30-10-18(26)22-13-4-7-15-16(8-13)29-11-28-15/h2-8,21H,9-11,20H2,1H3,(H,22,26). The Morgan fingerprint density at radius 3 is 2.73 bits per heavy atom. The maximum absolute atomic E-state index is 12.2. The number of ether oxygens (including phenoxy) is 3. The average Bonchev–Trinajstić information content (AvgIpc) is 3.37. The van der Waals surface area contributed by atoms with Crippen LogP contribution in [0, 0.1) is 0 Å². The van der Waals surface area contributed by atoms with Crippen molar-refractivity contribution in [1.29, 1.82) is 0 Å². The third-order valence-electron chi connectivity index (χ3n) is 4.26. The fraction of sp³-hybridized carbons (Fsp3) is 0.211. The fourth-order valence-corrected chi connectivity index (χ4v) is 3.39. The summed E-state index contributed by atoms with van der Waals surface area (Å²) in [4.78, 5) is 12.2. The van der Waals surface area contributed by atoms with Crippen LogP contribution in [-0.4, -0.2) is 40.4 Å². The van der Waals surface area contributed by atoms with Crippen LogP contribution in [0.5, 0.6) is 17.2 Å². The lowest BCUT2D eigenvalue weighted by Crippen LogP contribution is -2.18. The summed E-state index contributed by atoms with van der Waals surface area (Å²) in [5.41, 5.74) is 1.53. The van der Waals surface area contributed by atoms with E-state index in [0.29, 0.717) is 34.7 Å². The quantitative estimate of drug-likeness (QED) is 0.365. The highest BCUT2D eigenvalue weighted by Gasteiger charge is 2.15. The molecule has 1 aliphatic heterocycles. The van der Waals surface area contributed by atoms with Gasteiger partial charge in [-0.05, 0) is 36.4 Å². The maximum Gasteiger partial charge on any atom is 0.234 e. The number of aromatic nitrogens is 3. The minimum absolute atomic E-state index is 0.135. The molecular formula is C19H20N6O4S. The molecule has 0 radical (unpaired) electrons. The van der Waals surface area contributed by atoms with Crippen molar-refractivity contribution in [2.24, 2.45) is 0 Å². The predicted molar refractivity (Wildman–Crippen MR) is 112 cm³/mol. The van der Waals surface area contributed by atoms with Crippen molar-refractivity contribution in [3.63, 3.8) is 0 Å². The Morgan fingerprint density at radius 1 is 1.17 bits per heavy atom. The molecule has 11 heteroatoms. The van der Waals surface area contributed by atoms with Crippen LogP contribution in [-0.2, 0) is 11.3 Å². The van der Waals surface area contributed by atoms with E-state index in [-0.39, 0.29) is 18.5 Å². The maximum atomic E-state index is 12.2. The zero-order valence-electron chi connectivity index (χ0n) is 16.1. The summed E-state index contributed by atoms with van der Waals surface area (Å²) in [7, 11) is 1.62. The lowest BCUT2D eigenvalue weighted by Gasteiger charge is -2.08. The number of hydrogen-bond acceptors (Lipinski definition) is 9. The van der Waals surface area contributed by atoms with Gasteiger partial charge in [-0.2, -0.15) is 0 Å². The molecule has 1 amide bonds. The second-order valence-corrected chi connectivity index (χ2v) is 7.20. The molecule has 0 saturated heterocycles. The fourth-order valence-electron chi connectivity index (χ4n) is 2.72. The molecule has 1 aromatic heterocycles. The summed E-state index contributed by atoms with van der Waals surface area (Å²) in [6.07, 6.45) is 0. The molecule has 4 rings (SSSR count). The summed E-state index contributed by atoms with van der Waals surface area (Å²) < 4.78 is 17.1. The first-order chi connectivity index (χ1) is 14.6. The molecule has 2 heterocycles. The van der Waals surface area contributed by atoms with Crippen LogP contribution in [0.15, 0.2) is 47.6 Å². The Morgan fingerprint density at radius 2 is 1.93 bits per heavy atom. The Kier molecular flexibility index (Phi) is 5.80. The van der Waals surface area contributed by atoms with Gasteiger partial charge in [-0.15, -0.1) is 10.2 Å². The van der Waals surface area contributed by atoms with Crippen molar-refractivity contribution in [3.8, 4) is 17.2 Å². The van der Waals surface area contributed by atoms with Crippen LogP contribution in [0.4, 0.5) is 11.4 Å². The van der Waals surface area contributed by atoms with E-state index in [4.69, 9.17) is 20.1 Å². The largest absolute Gasteiger partial charge is 0.497 e. The van der Waals surface area contributed by atoms with Crippen molar-refractivity contribution in [2.45, 2.75) is 11.7 Å². The first-order valence-electron chi connectivity index (χ1n) is 9.02. The Labute approximate surface area is 176 Å². The molecule has 3 aromatic rings. The number of anilines is 2. The summed E-state index contributed by atoms with van der Waals surface area (Å²) in [6.45, 7) is 0.574. The monoisotopic (exact) mass is 428 g/mol. The Hall–Kier alpha value is -3.60. The number of carbonyl (C=O) groups excluding carboxylic acids is 1. The molecule has 0 aliphatic carbocycles. The lowest BCUT2D eigenvalue weighted by molar-refractivity contribution is -0.113. The first kappa shape index (κ1) is 19.7. The van der Waals surface area contributed by atoms with E-state index in [0.717, 1.165) is 11.4 Å². The Bertz CT molecular complexity index is 1040. The molecule has 156 valence electrons. The second kappa shape index (κ2) is 8.82. The smallest absolute Gasteiger partial charge is 0.234 e. The molecule has 0 saturated carbocycles. The number of carbonyl (C=O) groups is 1. The van der Waals surface area contributed by atoms with E-state index < -0.39 is 0 Å². The van der Waals surface area contributed by atoms with Crippen molar-refractivity contribution in [3.05, 3.63) is 48.3 Å². The van der Waals surface area contributed by atoms with Crippen LogP contribution in [0.2, 0.25) is 0 Å². The van der Waals surface area contributed by atoms with Gasteiger partial charge in [0.2, 0.25) is 17.9 Å². The van der Waals surface area contributed by atoms with Gasteiger partial charge >= 0.3 is 0 Å². The van der Waals surface area contributed by atoms with E-state index in [1.807, 2.05) is 24.3 Å². The number of thioether (sulfide) groups is 1. The molecule has 10 nitrogen and oxygen atoms in total. The van der Waals surface area contributed by atoms with E-state index >= 15 is 0 Å². The van der Waals surface area contributed by atoms with Gasteiger partial charge in [0.15, 0.2) is 17.3 Å². The average molecular weight is 428 g/mol. The predicted octanol–water partition coefficient (Wildman–Crippen LogP) is 2.07. The van der Waals surface area contributed by atoms with Crippen molar-refractivity contribution >= 4 is 29.0 Å². The number of benzene rings is 2. The molecule has 0 fully saturated rings. The van der Waals surface area contributed by atoms with Gasteiger partial charge in [-0.1, -0.05) is 11.8 Å². The van der Waals surface area contributed by atoms with Gasteiger partial charge in [0.25, 0.3) is 0 Å². The number of amides is 1. The summed E-state index contributed by atoms with van der Waals surface area (Å²) in [5.74, 6) is 8.59. The van der Waals surface area contributed by atoms with Gasteiger partial charge in [-0.25, -0.2) is 4.68 Å².